The summed E-state index contributed by atoms with van der Waals surface area (Å²) in [5, 5.41) is 17.3. The lowest BCUT2D eigenvalue weighted by atomic mass is 10.2. The highest BCUT2D eigenvalue weighted by Crippen LogP contribution is 2.01. The van der Waals surface area contributed by atoms with Crippen LogP contribution in [0, 0.1) is 5.21 Å². The van der Waals surface area contributed by atoms with E-state index in [4.69, 9.17) is 5.73 Å². The highest BCUT2D eigenvalue weighted by atomic mass is 16.5. The van der Waals surface area contributed by atoms with Gasteiger partial charge in [0.05, 0.1) is 12.8 Å². The Kier molecular flexibility index (Phi) is 4.84. The van der Waals surface area contributed by atoms with Crippen LogP contribution in [0.3, 0.4) is 0 Å². The number of amides is 1. The van der Waals surface area contributed by atoms with Crippen molar-refractivity contribution in [2.75, 3.05) is 6.54 Å². The van der Waals surface area contributed by atoms with E-state index in [2.05, 4.69) is 10.4 Å². The van der Waals surface area contributed by atoms with E-state index in [0.717, 1.165) is 18.4 Å². The van der Waals surface area contributed by atoms with Crippen molar-refractivity contribution in [2.45, 2.75) is 19.8 Å². The monoisotopic (exact) mass is 224 g/mol. The van der Waals surface area contributed by atoms with Crippen molar-refractivity contribution >= 4 is 12.1 Å². The molecule has 0 saturated carbocycles. The second-order valence-corrected chi connectivity index (χ2v) is 3.45. The van der Waals surface area contributed by atoms with E-state index >= 15 is 0 Å². The maximum absolute atomic E-state index is 11.6. The summed E-state index contributed by atoms with van der Waals surface area (Å²) in [6, 6.07) is 0. The van der Waals surface area contributed by atoms with Gasteiger partial charge in [0.25, 0.3) is 0 Å². The Labute approximate surface area is 94.1 Å². The molecule has 1 atom stereocenters. The Morgan fingerprint density at radius 2 is 2.44 bits per heavy atom. The molecule has 0 spiro atoms. The minimum atomic E-state index is -0.448. The predicted molar refractivity (Wildman–Crippen MR) is 61.1 cm³/mol. The lowest BCUT2D eigenvalue weighted by Crippen LogP contribution is -3.02. The van der Waals surface area contributed by atoms with Crippen LogP contribution in [0.4, 0.5) is 0 Å². The van der Waals surface area contributed by atoms with Crippen LogP contribution in [0.15, 0.2) is 28.6 Å². The van der Waals surface area contributed by atoms with Gasteiger partial charge in [0.1, 0.15) is 0 Å². The number of hydroxylamine groups is 1. The molecule has 1 rings (SSSR count). The van der Waals surface area contributed by atoms with E-state index in [-0.39, 0.29) is 12.4 Å². The number of nitrogens with one attached hydrogen (secondary N) is 2. The molecule has 0 fully saturated rings. The standard InChI is InChI=1S/C10H16N4O2/c1-8-4-2-3-5-12-14(16)9(6-8)13-10(15)7-11/h4-6,14H,2-3,7,11H2,1H3,(H,13,15)/b8-4+,9-6-,12-5-. The molecule has 1 heterocycles. The van der Waals surface area contributed by atoms with E-state index in [0.29, 0.717) is 0 Å². The van der Waals surface area contributed by atoms with E-state index < -0.39 is 11.1 Å². The normalized spacial score (nSPS) is 29.8. The van der Waals surface area contributed by atoms with Crippen molar-refractivity contribution < 1.29 is 9.97 Å². The van der Waals surface area contributed by atoms with Crippen molar-refractivity contribution in [3.8, 4) is 0 Å². The number of carbonyl (C=O) groups is 1. The van der Waals surface area contributed by atoms with Gasteiger partial charge in [-0.1, -0.05) is 11.2 Å². The van der Waals surface area contributed by atoms with Crippen LogP contribution in [0.5, 0.6) is 0 Å². The number of allylic oxidation sites excluding steroid dienone is 3. The summed E-state index contributed by atoms with van der Waals surface area (Å²) in [5.41, 5.74) is 6.09. The van der Waals surface area contributed by atoms with E-state index in [1.54, 1.807) is 12.3 Å². The lowest BCUT2D eigenvalue weighted by Gasteiger charge is -2.17. The average Bonchev–Trinajstić information content (AvgIpc) is 2.32. The Balaban J connectivity index is 2.88. The zero-order chi connectivity index (χ0) is 12.0. The smallest absolute Gasteiger partial charge is 0.242 e. The molecule has 16 heavy (non-hydrogen) atoms. The first kappa shape index (κ1) is 12.6. The van der Waals surface area contributed by atoms with Crippen LogP contribution in [-0.2, 0) is 4.79 Å². The third kappa shape index (κ3) is 3.93. The molecule has 0 aromatic carbocycles. The van der Waals surface area contributed by atoms with Gasteiger partial charge in [0.2, 0.25) is 11.7 Å². The number of hydrogen-bond donors (Lipinski definition) is 3. The van der Waals surface area contributed by atoms with Crippen molar-refractivity contribution in [3.05, 3.63) is 28.8 Å². The molecular weight excluding hydrogens is 208 g/mol. The van der Waals surface area contributed by atoms with Gasteiger partial charge in [-0.3, -0.25) is 10.1 Å². The van der Waals surface area contributed by atoms with Crippen LogP contribution in [0.2, 0.25) is 0 Å². The minimum Gasteiger partial charge on any atom is -0.600 e. The van der Waals surface area contributed by atoms with Gasteiger partial charge in [-0.2, -0.15) is 5.17 Å². The van der Waals surface area contributed by atoms with Gasteiger partial charge in [-0.05, 0) is 25.3 Å². The Bertz CT molecular complexity index is 347. The third-order valence-corrected chi connectivity index (χ3v) is 2.03. The number of quaternary nitrogens is 1. The first-order chi connectivity index (χ1) is 7.63. The molecule has 6 heteroatoms. The fourth-order valence-corrected chi connectivity index (χ4v) is 1.24. The molecule has 1 aliphatic heterocycles. The molecule has 1 amide bonds. The Morgan fingerprint density at radius 3 is 3.12 bits per heavy atom. The van der Waals surface area contributed by atoms with Crippen molar-refractivity contribution in [2.24, 2.45) is 10.8 Å². The molecule has 0 aromatic rings. The Morgan fingerprint density at radius 1 is 1.69 bits per heavy atom. The summed E-state index contributed by atoms with van der Waals surface area (Å²) in [5.74, 6) is -0.232. The van der Waals surface area contributed by atoms with E-state index in [9.17, 15) is 10.0 Å². The van der Waals surface area contributed by atoms with Crippen molar-refractivity contribution in [1.29, 1.82) is 0 Å². The van der Waals surface area contributed by atoms with Crippen LogP contribution >= 0.6 is 0 Å². The van der Waals surface area contributed by atoms with Gasteiger partial charge in [-0.15, -0.1) is 0 Å². The molecule has 0 radical (unpaired) electrons. The molecule has 6 nitrogen and oxygen atoms in total. The average molecular weight is 224 g/mol. The summed E-state index contributed by atoms with van der Waals surface area (Å²) in [6.45, 7) is 1.71. The fraction of sp³-hybridized carbons (Fsp3) is 0.400. The van der Waals surface area contributed by atoms with Crippen LogP contribution < -0.4 is 16.2 Å². The number of carbonyl (C=O) groups excluding carboxylic acids is 1. The molecule has 1 unspecified atom stereocenters. The van der Waals surface area contributed by atoms with Crippen molar-refractivity contribution in [1.82, 2.24) is 5.32 Å². The lowest BCUT2D eigenvalue weighted by molar-refractivity contribution is -0.816. The van der Waals surface area contributed by atoms with E-state index in [1.807, 2.05) is 13.0 Å². The third-order valence-electron chi connectivity index (χ3n) is 2.03. The summed E-state index contributed by atoms with van der Waals surface area (Å²) in [6.07, 6.45) is 6.70. The van der Waals surface area contributed by atoms with Gasteiger partial charge < -0.3 is 10.9 Å². The Hall–Kier alpha value is -1.50. The summed E-state index contributed by atoms with van der Waals surface area (Å²) < 4.78 is 0. The molecule has 0 aliphatic carbocycles. The molecule has 1 aliphatic rings. The number of rotatable bonds is 2. The summed E-state index contributed by atoms with van der Waals surface area (Å²) >= 11 is 0. The molecule has 0 bridgehead atoms. The zero-order valence-corrected chi connectivity index (χ0v) is 9.19. The minimum absolute atomic E-state index is 0.156. The van der Waals surface area contributed by atoms with Gasteiger partial charge in [-0.25, -0.2) is 0 Å². The maximum Gasteiger partial charge on any atom is 0.242 e. The first-order valence-corrected chi connectivity index (χ1v) is 5.08. The topological polar surface area (TPSA) is 95.0 Å². The van der Waals surface area contributed by atoms with Crippen LogP contribution in [0.1, 0.15) is 19.8 Å². The second kappa shape index (κ2) is 6.16. The van der Waals surface area contributed by atoms with Crippen molar-refractivity contribution in [3.63, 3.8) is 0 Å². The SMILES string of the molecule is CC1=C\CC/C=N\[NH+]([O-])/C(NC(=O)CN)=C\1. The largest absolute Gasteiger partial charge is 0.600 e. The van der Waals surface area contributed by atoms with Gasteiger partial charge in [0.15, 0.2) is 0 Å². The molecule has 88 valence electrons. The molecule has 0 saturated heterocycles. The quantitative estimate of drug-likeness (QED) is 0.526. The molecular formula is C10H16N4O2. The fourth-order valence-electron chi connectivity index (χ4n) is 1.24. The maximum atomic E-state index is 11.6. The molecule has 0 aromatic heterocycles. The predicted octanol–water partition coefficient (Wildman–Crippen LogP) is -0.989. The van der Waals surface area contributed by atoms with Crippen LogP contribution in [0.25, 0.3) is 0 Å². The van der Waals surface area contributed by atoms with Gasteiger partial charge >= 0.3 is 0 Å². The number of hydrogen-bond acceptors (Lipinski definition) is 4. The van der Waals surface area contributed by atoms with E-state index in [1.165, 1.54) is 0 Å². The van der Waals surface area contributed by atoms with Crippen LogP contribution in [-0.4, -0.2) is 18.7 Å². The zero-order valence-electron chi connectivity index (χ0n) is 9.19. The highest BCUT2D eigenvalue weighted by molar-refractivity contribution is 5.79. The van der Waals surface area contributed by atoms with Gasteiger partial charge in [0, 0.05) is 6.08 Å². The second-order valence-electron chi connectivity index (χ2n) is 3.45. The highest BCUT2D eigenvalue weighted by Gasteiger charge is 2.10. The number of nitrogens with two attached hydrogens (primary N) is 1. The number of nitrogens with zero attached hydrogens (tertiary/aromatic N) is 1. The summed E-state index contributed by atoms with van der Waals surface area (Å²) in [7, 11) is 0. The molecule has 4 N–H and O–H groups in total. The summed E-state index contributed by atoms with van der Waals surface area (Å²) in [4.78, 5) is 11.1. The first-order valence-electron chi connectivity index (χ1n) is 5.08.